The average molecular weight is 246 g/mol. The Hall–Kier alpha value is -0.860. The van der Waals surface area contributed by atoms with Crippen LogP contribution in [0.4, 0.5) is 0 Å². The molecule has 2 N–H and O–H groups in total. The van der Waals surface area contributed by atoms with Crippen molar-refractivity contribution in [3.63, 3.8) is 0 Å². The molecule has 1 fully saturated rings. The molecule has 1 saturated heterocycles. The van der Waals surface area contributed by atoms with Gasteiger partial charge in [-0.05, 0) is 43.7 Å². The monoisotopic (exact) mass is 246 g/mol. The third-order valence-corrected chi connectivity index (χ3v) is 3.80. The molecular weight excluding hydrogens is 220 g/mol. The number of piperidine rings is 1. The first-order valence-corrected chi connectivity index (χ1v) is 7.26. The number of nitrogens with zero attached hydrogens (tertiary/aromatic N) is 1. The van der Waals surface area contributed by atoms with Crippen molar-refractivity contribution >= 4 is 0 Å². The van der Waals surface area contributed by atoms with Crippen LogP contribution in [0.3, 0.4) is 0 Å². The van der Waals surface area contributed by atoms with E-state index in [-0.39, 0.29) is 0 Å². The Morgan fingerprint density at radius 1 is 1.17 bits per heavy atom. The average Bonchev–Trinajstić information content (AvgIpc) is 2.35. The second kappa shape index (κ2) is 6.91. The van der Waals surface area contributed by atoms with Crippen molar-refractivity contribution in [3.05, 3.63) is 35.9 Å². The molecule has 1 aliphatic heterocycles. The molecule has 1 heterocycles. The van der Waals surface area contributed by atoms with Crippen molar-refractivity contribution in [1.82, 2.24) is 4.90 Å². The topological polar surface area (TPSA) is 29.3 Å². The van der Waals surface area contributed by atoms with Crippen LogP contribution in [0.1, 0.15) is 31.7 Å². The molecule has 1 aromatic rings. The Balaban J connectivity index is 1.63. The molecule has 0 radical (unpaired) electrons. The molecule has 0 bridgehead atoms. The maximum Gasteiger partial charge on any atom is 0.0170 e. The van der Waals surface area contributed by atoms with Crippen LogP contribution in [-0.2, 0) is 6.42 Å². The van der Waals surface area contributed by atoms with Gasteiger partial charge in [0.2, 0.25) is 0 Å². The van der Waals surface area contributed by atoms with Gasteiger partial charge in [-0.15, -0.1) is 0 Å². The van der Waals surface area contributed by atoms with E-state index in [4.69, 9.17) is 5.73 Å². The number of rotatable bonds is 5. The SMILES string of the molecule is CC1CC(N)CN(CCCCc2ccccc2)C1. The summed E-state index contributed by atoms with van der Waals surface area (Å²) < 4.78 is 0. The molecule has 2 unspecified atom stereocenters. The molecule has 18 heavy (non-hydrogen) atoms. The van der Waals surface area contributed by atoms with E-state index in [9.17, 15) is 0 Å². The molecule has 2 heteroatoms. The predicted octanol–water partition coefficient (Wildman–Crippen LogP) is 2.68. The van der Waals surface area contributed by atoms with Gasteiger partial charge in [-0.3, -0.25) is 0 Å². The van der Waals surface area contributed by atoms with E-state index in [1.807, 2.05) is 0 Å². The fraction of sp³-hybridized carbons (Fsp3) is 0.625. The summed E-state index contributed by atoms with van der Waals surface area (Å²) in [5.41, 5.74) is 7.53. The largest absolute Gasteiger partial charge is 0.327 e. The molecule has 1 aromatic carbocycles. The van der Waals surface area contributed by atoms with Gasteiger partial charge in [-0.25, -0.2) is 0 Å². The van der Waals surface area contributed by atoms with Crippen LogP contribution in [0.2, 0.25) is 0 Å². The Kier molecular flexibility index (Phi) is 5.21. The Morgan fingerprint density at radius 2 is 1.94 bits per heavy atom. The summed E-state index contributed by atoms with van der Waals surface area (Å²) in [6.07, 6.45) is 4.97. The van der Waals surface area contributed by atoms with Crippen LogP contribution in [0.5, 0.6) is 0 Å². The number of hydrogen-bond acceptors (Lipinski definition) is 2. The van der Waals surface area contributed by atoms with Gasteiger partial charge in [0.15, 0.2) is 0 Å². The van der Waals surface area contributed by atoms with Crippen molar-refractivity contribution in [1.29, 1.82) is 0 Å². The quantitative estimate of drug-likeness (QED) is 0.809. The molecular formula is C16H26N2. The zero-order chi connectivity index (χ0) is 12.8. The Labute approximate surface area is 111 Å². The molecule has 0 saturated carbocycles. The van der Waals surface area contributed by atoms with E-state index in [1.54, 1.807) is 0 Å². The predicted molar refractivity (Wildman–Crippen MR) is 77.6 cm³/mol. The second-order valence-corrected chi connectivity index (χ2v) is 5.80. The van der Waals surface area contributed by atoms with Gasteiger partial charge in [-0.1, -0.05) is 37.3 Å². The molecule has 100 valence electrons. The van der Waals surface area contributed by atoms with Gasteiger partial charge in [0.25, 0.3) is 0 Å². The van der Waals surface area contributed by atoms with Crippen LogP contribution in [0.15, 0.2) is 30.3 Å². The lowest BCUT2D eigenvalue weighted by Gasteiger charge is -2.34. The van der Waals surface area contributed by atoms with E-state index >= 15 is 0 Å². The highest BCUT2D eigenvalue weighted by Crippen LogP contribution is 2.15. The normalized spacial score (nSPS) is 25.2. The minimum atomic E-state index is 0.392. The van der Waals surface area contributed by atoms with Gasteiger partial charge in [0.05, 0.1) is 0 Å². The first-order valence-electron chi connectivity index (χ1n) is 7.26. The smallest absolute Gasteiger partial charge is 0.0170 e. The number of unbranched alkanes of at least 4 members (excludes halogenated alkanes) is 1. The molecule has 0 spiro atoms. The van der Waals surface area contributed by atoms with Crippen molar-refractivity contribution in [2.45, 2.75) is 38.6 Å². The number of aryl methyl sites for hydroxylation is 1. The first-order chi connectivity index (χ1) is 8.74. The summed E-state index contributed by atoms with van der Waals surface area (Å²) in [5, 5.41) is 0. The molecule has 2 atom stereocenters. The Morgan fingerprint density at radius 3 is 2.67 bits per heavy atom. The maximum atomic E-state index is 6.07. The van der Waals surface area contributed by atoms with E-state index in [1.165, 1.54) is 44.3 Å². The number of likely N-dealkylation sites (tertiary alicyclic amines) is 1. The summed E-state index contributed by atoms with van der Waals surface area (Å²) in [4.78, 5) is 2.55. The lowest BCUT2D eigenvalue weighted by Crippen LogP contribution is -2.46. The lowest BCUT2D eigenvalue weighted by atomic mass is 9.96. The zero-order valence-electron chi connectivity index (χ0n) is 11.5. The zero-order valence-corrected chi connectivity index (χ0v) is 11.5. The van der Waals surface area contributed by atoms with Crippen molar-refractivity contribution in [2.75, 3.05) is 19.6 Å². The summed E-state index contributed by atoms with van der Waals surface area (Å²) >= 11 is 0. The highest BCUT2D eigenvalue weighted by Gasteiger charge is 2.21. The lowest BCUT2D eigenvalue weighted by molar-refractivity contribution is 0.163. The first kappa shape index (κ1) is 13.6. The van der Waals surface area contributed by atoms with Gasteiger partial charge in [-0.2, -0.15) is 0 Å². The van der Waals surface area contributed by atoms with Crippen LogP contribution in [0.25, 0.3) is 0 Å². The van der Waals surface area contributed by atoms with Gasteiger partial charge >= 0.3 is 0 Å². The fourth-order valence-corrected chi connectivity index (χ4v) is 3.00. The van der Waals surface area contributed by atoms with Crippen molar-refractivity contribution in [3.8, 4) is 0 Å². The van der Waals surface area contributed by atoms with Crippen LogP contribution in [-0.4, -0.2) is 30.6 Å². The van der Waals surface area contributed by atoms with Gasteiger partial charge < -0.3 is 10.6 Å². The van der Waals surface area contributed by atoms with Crippen LogP contribution in [0, 0.1) is 5.92 Å². The molecule has 2 nitrogen and oxygen atoms in total. The van der Waals surface area contributed by atoms with Gasteiger partial charge in [0.1, 0.15) is 0 Å². The second-order valence-electron chi connectivity index (χ2n) is 5.80. The molecule has 0 amide bonds. The fourth-order valence-electron chi connectivity index (χ4n) is 3.00. The number of hydrogen-bond donors (Lipinski definition) is 1. The van der Waals surface area contributed by atoms with Crippen molar-refractivity contribution < 1.29 is 0 Å². The Bertz CT molecular complexity index is 326. The summed E-state index contributed by atoms with van der Waals surface area (Å²) in [5.74, 6) is 0.767. The maximum absolute atomic E-state index is 6.07. The molecule has 0 aliphatic carbocycles. The molecule has 1 aliphatic rings. The molecule has 2 rings (SSSR count). The highest BCUT2D eigenvalue weighted by atomic mass is 15.1. The third kappa shape index (κ3) is 4.43. The summed E-state index contributed by atoms with van der Waals surface area (Å²) in [7, 11) is 0. The van der Waals surface area contributed by atoms with Gasteiger partial charge in [0, 0.05) is 19.1 Å². The van der Waals surface area contributed by atoms with E-state index in [0.29, 0.717) is 6.04 Å². The third-order valence-electron chi connectivity index (χ3n) is 3.80. The number of nitrogens with two attached hydrogens (primary N) is 1. The van der Waals surface area contributed by atoms with E-state index < -0.39 is 0 Å². The van der Waals surface area contributed by atoms with E-state index in [2.05, 4.69) is 42.2 Å². The van der Waals surface area contributed by atoms with Crippen molar-refractivity contribution in [2.24, 2.45) is 11.7 Å². The highest BCUT2D eigenvalue weighted by molar-refractivity contribution is 5.14. The summed E-state index contributed by atoms with van der Waals surface area (Å²) in [6, 6.07) is 11.2. The minimum Gasteiger partial charge on any atom is -0.327 e. The number of benzene rings is 1. The minimum absolute atomic E-state index is 0.392. The van der Waals surface area contributed by atoms with Crippen LogP contribution >= 0.6 is 0 Å². The molecule has 0 aromatic heterocycles. The van der Waals surface area contributed by atoms with Crippen LogP contribution < -0.4 is 5.73 Å². The standard InChI is InChI=1S/C16H26N2/c1-14-11-16(17)13-18(12-14)10-6-5-9-15-7-3-2-4-8-15/h2-4,7-8,14,16H,5-6,9-13,17H2,1H3. The summed E-state index contributed by atoms with van der Waals surface area (Å²) in [6.45, 7) is 5.86. The van der Waals surface area contributed by atoms with E-state index in [0.717, 1.165) is 12.5 Å².